The topological polar surface area (TPSA) is 86.7 Å². The second-order valence-corrected chi connectivity index (χ2v) is 6.20. The molecular formula is C10H22N2O4S. The van der Waals surface area contributed by atoms with Crippen molar-refractivity contribution in [1.82, 2.24) is 9.03 Å². The van der Waals surface area contributed by atoms with E-state index in [9.17, 15) is 13.2 Å². The zero-order valence-corrected chi connectivity index (χ0v) is 11.8. The fraction of sp³-hybridized carbons (Fsp3) is 0.900. The Bertz CT molecular complexity index is 353. The van der Waals surface area contributed by atoms with Crippen LogP contribution >= 0.6 is 0 Å². The Morgan fingerprint density at radius 3 is 2.12 bits per heavy atom. The number of nitrogens with one attached hydrogen (secondary N) is 1. The first-order chi connectivity index (χ1) is 7.63. The first kappa shape index (κ1) is 16.3. The number of aliphatic carboxylic acids is 1. The quantitative estimate of drug-likeness (QED) is 0.708. The van der Waals surface area contributed by atoms with Gasteiger partial charge in [-0.3, -0.25) is 4.79 Å². The number of nitrogens with zero attached hydrogens (tertiary/aromatic N) is 1. The van der Waals surface area contributed by atoms with E-state index in [4.69, 9.17) is 5.11 Å². The Balaban J connectivity index is 4.95. The maximum absolute atomic E-state index is 11.9. The molecule has 0 fully saturated rings. The van der Waals surface area contributed by atoms with Gasteiger partial charge in [0.05, 0.1) is 0 Å². The predicted molar refractivity (Wildman–Crippen MR) is 65.8 cm³/mol. The molecule has 0 aromatic rings. The highest BCUT2D eigenvalue weighted by Gasteiger charge is 2.31. The summed E-state index contributed by atoms with van der Waals surface area (Å²) in [6, 6.07) is -1.31. The van der Waals surface area contributed by atoms with Gasteiger partial charge < -0.3 is 5.11 Å². The summed E-state index contributed by atoms with van der Waals surface area (Å²) in [4.78, 5) is 11.0. The third-order valence-electron chi connectivity index (χ3n) is 2.86. The molecule has 17 heavy (non-hydrogen) atoms. The Labute approximate surface area is 103 Å². The molecule has 2 unspecified atom stereocenters. The molecule has 0 spiro atoms. The normalized spacial score (nSPS) is 16.2. The number of hydrogen-bond acceptors (Lipinski definition) is 3. The number of carboxylic acid groups (broad SMARTS) is 1. The minimum Gasteiger partial charge on any atom is -0.480 e. The van der Waals surface area contributed by atoms with Crippen LogP contribution in [0, 0.1) is 5.92 Å². The van der Waals surface area contributed by atoms with Crippen LogP contribution in [0.2, 0.25) is 0 Å². The summed E-state index contributed by atoms with van der Waals surface area (Å²) in [6.07, 6.45) is 0.588. The minimum atomic E-state index is -3.76. The lowest BCUT2D eigenvalue weighted by Gasteiger charge is -2.26. The Kier molecular flexibility index (Phi) is 6.08. The second kappa shape index (κ2) is 6.32. The molecule has 0 amide bonds. The molecule has 0 radical (unpaired) electrons. The molecule has 7 heteroatoms. The van der Waals surface area contributed by atoms with Crippen LogP contribution in [-0.4, -0.2) is 42.9 Å². The van der Waals surface area contributed by atoms with Gasteiger partial charge >= 0.3 is 5.97 Å². The number of carboxylic acids is 1. The molecule has 0 aliphatic rings. The van der Waals surface area contributed by atoms with E-state index in [-0.39, 0.29) is 12.0 Å². The Morgan fingerprint density at radius 2 is 1.82 bits per heavy atom. The lowest BCUT2D eigenvalue weighted by atomic mass is 10.0. The van der Waals surface area contributed by atoms with Crippen LogP contribution in [-0.2, 0) is 15.0 Å². The highest BCUT2D eigenvalue weighted by Crippen LogP contribution is 2.11. The zero-order valence-electron chi connectivity index (χ0n) is 11.0. The molecule has 0 saturated carbocycles. The molecular weight excluding hydrogens is 244 g/mol. The van der Waals surface area contributed by atoms with E-state index in [1.165, 1.54) is 7.05 Å². The molecule has 2 N–H and O–H groups in total. The summed E-state index contributed by atoms with van der Waals surface area (Å²) >= 11 is 0. The van der Waals surface area contributed by atoms with Crippen molar-refractivity contribution in [2.75, 3.05) is 7.05 Å². The lowest BCUT2D eigenvalue weighted by Crippen LogP contribution is -2.51. The molecule has 0 aliphatic carbocycles. The molecule has 0 aromatic heterocycles. The van der Waals surface area contributed by atoms with Gasteiger partial charge in [0.2, 0.25) is 0 Å². The fourth-order valence-electron chi connectivity index (χ4n) is 1.17. The number of hydrogen-bond donors (Lipinski definition) is 2. The summed E-state index contributed by atoms with van der Waals surface area (Å²) in [5, 5.41) is 9.01. The summed E-state index contributed by atoms with van der Waals surface area (Å²) in [5.41, 5.74) is 0. The van der Waals surface area contributed by atoms with Crippen molar-refractivity contribution in [3.05, 3.63) is 0 Å². The molecule has 102 valence electrons. The summed E-state index contributed by atoms with van der Waals surface area (Å²) in [6.45, 7) is 6.97. The van der Waals surface area contributed by atoms with E-state index in [0.29, 0.717) is 6.42 Å². The van der Waals surface area contributed by atoms with Crippen molar-refractivity contribution in [2.45, 2.75) is 46.2 Å². The van der Waals surface area contributed by atoms with Crippen LogP contribution in [0.1, 0.15) is 34.1 Å². The standard InChI is InChI=1S/C10H22N2O4S/c1-6-8(4)9(10(13)14)11-17(15,16)12(5)7(2)3/h7-9,11H,6H2,1-5H3,(H,13,14). The van der Waals surface area contributed by atoms with Crippen molar-refractivity contribution < 1.29 is 18.3 Å². The van der Waals surface area contributed by atoms with E-state index in [1.54, 1.807) is 20.8 Å². The summed E-state index contributed by atoms with van der Waals surface area (Å²) in [7, 11) is -2.34. The molecule has 0 heterocycles. The van der Waals surface area contributed by atoms with Gasteiger partial charge in [0.15, 0.2) is 0 Å². The number of carbonyl (C=O) groups is 1. The van der Waals surface area contributed by atoms with E-state index in [2.05, 4.69) is 4.72 Å². The van der Waals surface area contributed by atoms with Crippen molar-refractivity contribution >= 4 is 16.2 Å². The molecule has 0 rings (SSSR count). The van der Waals surface area contributed by atoms with Crippen LogP contribution in [0.5, 0.6) is 0 Å². The van der Waals surface area contributed by atoms with Crippen molar-refractivity contribution in [2.24, 2.45) is 5.92 Å². The number of rotatable bonds is 7. The Morgan fingerprint density at radius 1 is 1.35 bits per heavy atom. The van der Waals surface area contributed by atoms with Gasteiger partial charge in [0.25, 0.3) is 10.2 Å². The lowest BCUT2D eigenvalue weighted by molar-refractivity contribution is -0.140. The molecule has 0 aliphatic heterocycles. The van der Waals surface area contributed by atoms with E-state index in [1.807, 2.05) is 6.92 Å². The van der Waals surface area contributed by atoms with E-state index in [0.717, 1.165) is 4.31 Å². The summed E-state index contributed by atoms with van der Waals surface area (Å²) in [5.74, 6) is -1.41. The molecule has 0 saturated heterocycles. The van der Waals surface area contributed by atoms with Gasteiger partial charge in [-0.25, -0.2) is 0 Å². The van der Waals surface area contributed by atoms with Gasteiger partial charge in [-0.1, -0.05) is 20.3 Å². The van der Waals surface area contributed by atoms with E-state index >= 15 is 0 Å². The van der Waals surface area contributed by atoms with Gasteiger partial charge in [0, 0.05) is 13.1 Å². The smallest absolute Gasteiger partial charge is 0.322 e. The predicted octanol–water partition coefficient (Wildman–Crippen LogP) is 0.660. The maximum Gasteiger partial charge on any atom is 0.322 e. The zero-order chi connectivity index (χ0) is 13.8. The average molecular weight is 266 g/mol. The highest BCUT2D eigenvalue weighted by molar-refractivity contribution is 7.87. The Hall–Kier alpha value is -0.660. The molecule has 2 atom stereocenters. The van der Waals surface area contributed by atoms with Crippen LogP contribution < -0.4 is 4.72 Å². The monoisotopic (exact) mass is 266 g/mol. The van der Waals surface area contributed by atoms with Gasteiger partial charge in [-0.05, 0) is 19.8 Å². The molecule has 6 nitrogen and oxygen atoms in total. The minimum absolute atomic E-state index is 0.223. The van der Waals surface area contributed by atoms with Gasteiger partial charge in [0.1, 0.15) is 6.04 Å². The van der Waals surface area contributed by atoms with Crippen molar-refractivity contribution in [3.8, 4) is 0 Å². The molecule has 0 bridgehead atoms. The summed E-state index contributed by atoms with van der Waals surface area (Å²) < 4.78 is 27.1. The van der Waals surface area contributed by atoms with Crippen molar-refractivity contribution in [3.63, 3.8) is 0 Å². The third kappa shape index (κ3) is 4.61. The third-order valence-corrected chi connectivity index (χ3v) is 4.59. The first-order valence-electron chi connectivity index (χ1n) is 5.61. The largest absolute Gasteiger partial charge is 0.480 e. The van der Waals surface area contributed by atoms with Crippen LogP contribution in [0.4, 0.5) is 0 Å². The van der Waals surface area contributed by atoms with Crippen LogP contribution in [0.25, 0.3) is 0 Å². The van der Waals surface area contributed by atoms with Crippen LogP contribution in [0.3, 0.4) is 0 Å². The van der Waals surface area contributed by atoms with Crippen molar-refractivity contribution in [1.29, 1.82) is 0 Å². The SMILES string of the molecule is CCC(C)C(NS(=O)(=O)N(C)C(C)C)C(=O)O. The van der Waals surface area contributed by atoms with Gasteiger partial charge in [-0.15, -0.1) is 0 Å². The highest BCUT2D eigenvalue weighted by atomic mass is 32.2. The second-order valence-electron chi connectivity index (χ2n) is 4.43. The first-order valence-corrected chi connectivity index (χ1v) is 7.05. The molecule has 0 aromatic carbocycles. The van der Waals surface area contributed by atoms with Gasteiger partial charge in [-0.2, -0.15) is 17.4 Å². The average Bonchev–Trinajstić information content (AvgIpc) is 2.23. The van der Waals surface area contributed by atoms with Crippen LogP contribution in [0.15, 0.2) is 0 Å². The fourth-order valence-corrected chi connectivity index (χ4v) is 2.54. The van der Waals surface area contributed by atoms with E-state index < -0.39 is 22.2 Å². The maximum atomic E-state index is 11.9.